The van der Waals surface area contributed by atoms with E-state index in [1.54, 1.807) is 0 Å². The molecule has 0 saturated heterocycles. The third-order valence-corrected chi connectivity index (χ3v) is 7.18. The van der Waals surface area contributed by atoms with Gasteiger partial charge in [-0.15, -0.1) is 0 Å². The third kappa shape index (κ3) is 5.83. The summed E-state index contributed by atoms with van der Waals surface area (Å²) in [4.78, 5) is 0. The first kappa shape index (κ1) is 27.5. The maximum atomic E-state index is 9.38. The highest BCUT2D eigenvalue weighted by atomic mass is 16.4. The number of hydrogen-bond donors (Lipinski definition) is 2. The Balaban J connectivity index is 2.35. The van der Waals surface area contributed by atoms with Gasteiger partial charge >= 0.3 is 7.12 Å². The summed E-state index contributed by atoms with van der Waals surface area (Å²) in [5.41, 5.74) is 8.24. The van der Waals surface area contributed by atoms with Crippen LogP contribution < -0.4 is 10.6 Å². The Hall–Kier alpha value is -3.08. The molecule has 3 aromatic rings. The Morgan fingerprint density at radius 3 is 2.25 bits per heavy atom. The minimum atomic E-state index is -1.35. The third-order valence-electron chi connectivity index (χ3n) is 7.18. The van der Waals surface area contributed by atoms with Crippen LogP contribution in [-0.2, 0) is 11.8 Å². The van der Waals surface area contributed by atoms with E-state index in [1.165, 1.54) is 22.3 Å². The van der Waals surface area contributed by atoms with E-state index in [0.717, 1.165) is 40.4 Å². The number of hydrogen-bond acceptors (Lipinski definition) is 2. The summed E-state index contributed by atoms with van der Waals surface area (Å²) in [6.07, 6.45) is 8.41. The normalized spacial score (nSPS) is 13.4. The highest BCUT2D eigenvalue weighted by Gasteiger charge is 2.27. The fourth-order valence-electron chi connectivity index (χ4n) is 5.20. The van der Waals surface area contributed by atoms with Gasteiger partial charge in [-0.1, -0.05) is 94.0 Å². The number of nitrogens with zero attached hydrogens (tertiary/aromatic N) is 1. The van der Waals surface area contributed by atoms with Gasteiger partial charge in [0.05, 0.1) is 5.35 Å². The lowest BCUT2D eigenvalue weighted by molar-refractivity contribution is 0.410. The van der Waals surface area contributed by atoms with E-state index < -0.39 is 7.12 Å². The van der Waals surface area contributed by atoms with Crippen LogP contribution in [0.15, 0.2) is 71.8 Å². The molecule has 0 spiro atoms. The molecular weight excluding hydrogens is 441 g/mol. The van der Waals surface area contributed by atoms with Crippen molar-refractivity contribution in [3.63, 3.8) is 0 Å². The fraction of sp³-hybridized carbons (Fsp3) is 0.312. The second-order valence-corrected chi connectivity index (χ2v) is 10.1. The van der Waals surface area contributed by atoms with Crippen molar-refractivity contribution in [1.82, 2.24) is 4.57 Å². The minimum Gasteiger partial charge on any atom is -0.427 e. The SMILES string of the molecule is C=c1c(CC)c(/C=C(\CC)C(C)(C)c2ccccc2C)n(-c2ccccc2)/c1=C/C=C(\C)CB(O)O. The van der Waals surface area contributed by atoms with Gasteiger partial charge in [-0.25, -0.2) is 0 Å². The zero-order valence-corrected chi connectivity index (χ0v) is 22.7. The van der Waals surface area contributed by atoms with E-state index in [4.69, 9.17) is 0 Å². The number of rotatable bonds is 9. The number of benzene rings is 2. The van der Waals surface area contributed by atoms with Crippen molar-refractivity contribution >= 4 is 25.8 Å². The quantitative estimate of drug-likeness (QED) is 0.384. The van der Waals surface area contributed by atoms with Crippen LogP contribution in [0.4, 0.5) is 0 Å². The first-order chi connectivity index (χ1) is 17.1. The molecule has 1 heterocycles. The molecule has 2 N–H and O–H groups in total. The topological polar surface area (TPSA) is 45.4 Å². The largest absolute Gasteiger partial charge is 0.455 e. The minimum absolute atomic E-state index is 0.129. The average Bonchev–Trinajstić information content (AvgIpc) is 3.11. The van der Waals surface area contributed by atoms with Gasteiger partial charge in [-0.2, -0.15) is 0 Å². The van der Waals surface area contributed by atoms with Crippen LogP contribution in [0.25, 0.3) is 24.4 Å². The van der Waals surface area contributed by atoms with E-state index in [0.29, 0.717) is 0 Å². The maximum Gasteiger partial charge on any atom is 0.455 e. The van der Waals surface area contributed by atoms with Crippen molar-refractivity contribution in [2.24, 2.45) is 0 Å². The molecule has 188 valence electrons. The highest BCUT2D eigenvalue weighted by molar-refractivity contribution is 6.41. The standard InChI is InChI=1S/C32H40BNO2/c1-8-26(32(6,7)29-18-14-13-15-24(29)4)21-31-28(9-2)25(5)30(20-19-23(3)22-33(35)36)34(31)27-16-11-10-12-17-27/h10-21,35-36H,5,8-9,22H2,1-4,6-7H3/b23-19+,26-21+,30-20+. The monoisotopic (exact) mass is 481 g/mol. The number of para-hydroxylation sites is 1. The predicted molar refractivity (Wildman–Crippen MR) is 156 cm³/mol. The molecule has 3 nitrogen and oxygen atoms in total. The molecule has 2 aromatic carbocycles. The number of allylic oxidation sites excluding steroid dienone is 3. The summed E-state index contributed by atoms with van der Waals surface area (Å²) in [7, 11) is -1.35. The predicted octanol–water partition coefficient (Wildman–Crippen LogP) is 5.73. The second-order valence-electron chi connectivity index (χ2n) is 10.1. The van der Waals surface area contributed by atoms with E-state index >= 15 is 0 Å². The Labute approximate surface area is 217 Å². The first-order valence-electron chi connectivity index (χ1n) is 12.9. The van der Waals surface area contributed by atoms with Gasteiger partial charge in [-0.05, 0) is 72.9 Å². The van der Waals surface area contributed by atoms with Gasteiger partial charge in [0.15, 0.2) is 0 Å². The first-order valence-corrected chi connectivity index (χ1v) is 12.9. The van der Waals surface area contributed by atoms with Crippen molar-refractivity contribution in [3.8, 4) is 5.69 Å². The van der Waals surface area contributed by atoms with Gasteiger partial charge in [0.1, 0.15) is 0 Å². The van der Waals surface area contributed by atoms with Crippen molar-refractivity contribution in [3.05, 3.63) is 105 Å². The maximum absolute atomic E-state index is 9.38. The van der Waals surface area contributed by atoms with Crippen LogP contribution in [-0.4, -0.2) is 21.7 Å². The second kappa shape index (κ2) is 11.8. The molecule has 1 aromatic heterocycles. The van der Waals surface area contributed by atoms with Gasteiger partial charge in [-0.3, -0.25) is 0 Å². The molecule has 0 aliphatic carbocycles. The van der Waals surface area contributed by atoms with Crippen LogP contribution in [0, 0.1) is 6.92 Å². The Morgan fingerprint density at radius 2 is 1.67 bits per heavy atom. The summed E-state index contributed by atoms with van der Waals surface area (Å²) in [5.74, 6) is 0. The van der Waals surface area contributed by atoms with Crippen molar-refractivity contribution in [2.75, 3.05) is 0 Å². The molecule has 0 saturated carbocycles. The highest BCUT2D eigenvalue weighted by Crippen LogP contribution is 2.36. The van der Waals surface area contributed by atoms with Gasteiger partial charge in [0.25, 0.3) is 0 Å². The van der Waals surface area contributed by atoms with Gasteiger partial charge in [0, 0.05) is 23.1 Å². The smallest absolute Gasteiger partial charge is 0.427 e. The molecular formula is C32H40BNO2. The van der Waals surface area contributed by atoms with Crippen LogP contribution in [0.2, 0.25) is 6.32 Å². The molecule has 36 heavy (non-hydrogen) atoms. The Morgan fingerprint density at radius 1 is 1.03 bits per heavy atom. The summed E-state index contributed by atoms with van der Waals surface area (Å²) >= 11 is 0. The molecule has 3 rings (SSSR count). The average molecular weight is 481 g/mol. The van der Waals surface area contributed by atoms with Crippen LogP contribution in [0.5, 0.6) is 0 Å². The summed E-state index contributed by atoms with van der Waals surface area (Å²) in [5, 5.41) is 20.8. The molecule has 0 bridgehead atoms. The zero-order chi connectivity index (χ0) is 26.5. The Bertz CT molecular complexity index is 1360. The molecule has 4 heteroatoms. The summed E-state index contributed by atoms with van der Waals surface area (Å²) < 4.78 is 2.30. The lowest BCUT2D eigenvalue weighted by Gasteiger charge is -2.30. The molecule has 0 atom stereocenters. The van der Waals surface area contributed by atoms with Gasteiger partial charge in [0.2, 0.25) is 0 Å². The lowest BCUT2D eigenvalue weighted by atomic mass is 9.74. The lowest BCUT2D eigenvalue weighted by Crippen LogP contribution is -2.28. The molecule has 0 radical (unpaired) electrons. The van der Waals surface area contributed by atoms with Crippen LogP contribution in [0.3, 0.4) is 0 Å². The van der Waals surface area contributed by atoms with Crippen molar-refractivity contribution in [1.29, 1.82) is 0 Å². The van der Waals surface area contributed by atoms with Crippen molar-refractivity contribution in [2.45, 2.75) is 66.1 Å². The zero-order valence-electron chi connectivity index (χ0n) is 22.7. The van der Waals surface area contributed by atoms with E-state index in [-0.39, 0.29) is 11.7 Å². The number of aryl methyl sites for hydroxylation is 1. The molecule has 0 aliphatic rings. The van der Waals surface area contributed by atoms with E-state index in [2.05, 4.69) is 106 Å². The summed E-state index contributed by atoms with van der Waals surface area (Å²) in [6, 6.07) is 19.1. The van der Waals surface area contributed by atoms with Gasteiger partial charge < -0.3 is 14.6 Å². The molecule has 0 fully saturated rings. The molecule has 0 amide bonds. The van der Waals surface area contributed by atoms with E-state index in [9.17, 15) is 10.0 Å². The van der Waals surface area contributed by atoms with Crippen LogP contribution in [0.1, 0.15) is 63.4 Å². The number of aromatic nitrogens is 1. The van der Waals surface area contributed by atoms with E-state index in [1.807, 2.05) is 19.1 Å². The molecule has 0 aliphatic heterocycles. The Kier molecular flexibility index (Phi) is 9.00. The van der Waals surface area contributed by atoms with Crippen LogP contribution >= 0.6 is 0 Å². The molecule has 0 unspecified atom stereocenters. The van der Waals surface area contributed by atoms with Crippen molar-refractivity contribution < 1.29 is 10.0 Å². The fourth-order valence-corrected chi connectivity index (χ4v) is 5.20. The summed E-state index contributed by atoms with van der Waals surface area (Å²) in [6.45, 7) is 17.6.